The number of hydrogen-bond acceptors (Lipinski definition) is 4. The average Bonchev–Trinajstić information content (AvgIpc) is 2.86. The highest BCUT2D eigenvalue weighted by Gasteiger charge is 2.18. The zero-order valence-electron chi connectivity index (χ0n) is 14.3. The van der Waals surface area contributed by atoms with Gasteiger partial charge in [0.1, 0.15) is 5.75 Å². The van der Waals surface area contributed by atoms with E-state index in [1.54, 1.807) is 4.57 Å². The zero-order chi connectivity index (χ0) is 18.8. The van der Waals surface area contributed by atoms with Crippen LogP contribution in [0.4, 0.5) is 5.69 Å². The van der Waals surface area contributed by atoms with Gasteiger partial charge in [-0.05, 0) is 30.2 Å². The summed E-state index contributed by atoms with van der Waals surface area (Å²) in [5, 5.41) is 29.0. The molecule has 6 nitrogen and oxygen atoms in total. The molecule has 0 atom stereocenters. The van der Waals surface area contributed by atoms with E-state index in [4.69, 9.17) is 11.6 Å². The van der Waals surface area contributed by atoms with Crippen molar-refractivity contribution in [3.05, 3.63) is 53.1 Å². The van der Waals surface area contributed by atoms with E-state index in [0.717, 1.165) is 5.52 Å². The van der Waals surface area contributed by atoms with Crippen molar-refractivity contribution in [1.29, 1.82) is 0 Å². The molecule has 134 valence electrons. The highest BCUT2D eigenvalue weighted by atomic mass is 35.5. The van der Waals surface area contributed by atoms with E-state index in [1.165, 1.54) is 18.2 Å². The molecule has 0 radical (unpaired) electrons. The fraction of sp³-hybridized carbons (Fsp3) is 0.211. The quantitative estimate of drug-likeness (QED) is 0.611. The largest absolute Gasteiger partial charge is 0.507 e. The van der Waals surface area contributed by atoms with Gasteiger partial charge in [-0.3, -0.25) is 4.79 Å². The third-order valence-corrected chi connectivity index (χ3v) is 4.13. The molecule has 0 aliphatic carbocycles. The summed E-state index contributed by atoms with van der Waals surface area (Å²) in [4.78, 5) is 12.3. The van der Waals surface area contributed by atoms with Crippen molar-refractivity contribution in [2.45, 2.75) is 20.4 Å². The van der Waals surface area contributed by atoms with Crippen molar-refractivity contribution in [3.8, 4) is 11.6 Å². The molecule has 0 aliphatic heterocycles. The third kappa shape index (κ3) is 3.41. The number of benzene rings is 2. The van der Waals surface area contributed by atoms with Gasteiger partial charge in [-0.2, -0.15) is 0 Å². The van der Waals surface area contributed by atoms with Gasteiger partial charge in [-0.1, -0.05) is 43.6 Å². The van der Waals surface area contributed by atoms with Gasteiger partial charge < -0.3 is 14.8 Å². The first-order valence-corrected chi connectivity index (χ1v) is 8.51. The summed E-state index contributed by atoms with van der Waals surface area (Å²) >= 11 is 5.85. The van der Waals surface area contributed by atoms with Gasteiger partial charge in [0.05, 0.1) is 11.1 Å². The Morgan fingerprint density at radius 1 is 1.19 bits per heavy atom. The summed E-state index contributed by atoms with van der Waals surface area (Å²) in [6.45, 7) is 4.69. The van der Waals surface area contributed by atoms with Crippen LogP contribution < -0.4 is 0 Å². The van der Waals surface area contributed by atoms with E-state index >= 15 is 0 Å². The molecule has 1 aromatic heterocycles. The molecule has 2 N–H and O–H groups in total. The Labute approximate surface area is 155 Å². The minimum atomic E-state index is -0.745. The van der Waals surface area contributed by atoms with Crippen molar-refractivity contribution in [3.63, 3.8) is 0 Å². The first-order chi connectivity index (χ1) is 12.4. The molecule has 0 aliphatic rings. The number of azo groups is 1. The molecule has 0 saturated heterocycles. The van der Waals surface area contributed by atoms with Crippen LogP contribution in [-0.2, 0) is 6.54 Å². The zero-order valence-corrected chi connectivity index (χ0v) is 15.1. The molecule has 0 fully saturated rings. The predicted octanol–water partition coefficient (Wildman–Crippen LogP) is 5.29. The summed E-state index contributed by atoms with van der Waals surface area (Å²) in [5.41, 5.74) is 0.980. The number of para-hydroxylation sites is 1. The van der Waals surface area contributed by atoms with E-state index < -0.39 is 5.91 Å². The smallest absolute Gasteiger partial charge is 0.299 e. The van der Waals surface area contributed by atoms with Gasteiger partial charge in [0, 0.05) is 17.0 Å². The fourth-order valence-corrected chi connectivity index (χ4v) is 2.92. The fourth-order valence-electron chi connectivity index (χ4n) is 2.75. The van der Waals surface area contributed by atoms with E-state index in [9.17, 15) is 15.0 Å². The Kier molecular flexibility index (Phi) is 4.95. The van der Waals surface area contributed by atoms with E-state index in [1.807, 2.05) is 38.1 Å². The van der Waals surface area contributed by atoms with E-state index in [2.05, 4.69) is 10.2 Å². The number of amides is 1. The summed E-state index contributed by atoms with van der Waals surface area (Å²) in [5.74, 6) is -0.715. The highest BCUT2D eigenvalue weighted by Crippen LogP contribution is 2.39. The molecule has 26 heavy (non-hydrogen) atoms. The molecular formula is C19H18ClN3O3. The molecule has 0 saturated carbocycles. The van der Waals surface area contributed by atoms with Crippen molar-refractivity contribution in [2.75, 3.05) is 0 Å². The van der Waals surface area contributed by atoms with Crippen molar-refractivity contribution < 1.29 is 15.0 Å². The van der Waals surface area contributed by atoms with Crippen LogP contribution in [0.15, 0.2) is 52.7 Å². The van der Waals surface area contributed by atoms with Gasteiger partial charge in [0.15, 0.2) is 5.69 Å². The number of rotatable bonds is 4. The molecule has 7 heteroatoms. The second-order valence-electron chi connectivity index (χ2n) is 6.36. The summed E-state index contributed by atoms with van der Waals surface area (Å²) in [6, 6.07) is 11.5. The van der Waals surface area contributed by atoms with Crippen LogP contribution in [0.3, 0.4) is 0 Å². The first-order valence-electron chi connectivity index (χ1n) is 8.13. The molecule has 0 unspecified atom stereocenters. The standard InChI is InChI=1S/C19H18ClN3O3/c1-11(2)10-23-15-6-4-3-5-13(15)17(19(23)26)21-22-18(25)14-9-12(20)7-8-16(14)24/h3-9,11,24,26H,10H2,1-2H3. The Morgan fingerprint density at radius 2 is 1.92 bits per heavy atom. The second kappa shape index (κ2) is 7.17. The van der Waals surface area contributed by atoms with Crippen molar-refractivity contribution >= 4 is 34.1 Å². The maximum atomic E-state index is 12.3. The van der Waals surface area contributed by atoms with Crippen LogP contribution in [0.1, 0.15) is 24.2 Å². The molecule has 0 bridgehead atoms. The third-order valence-electron chi connectivity index (χ3n) is 3.89. The summed E-state index contributed by atoms with van der Waals surface area (Å²) < 4.78 is 1.75. The van der Waals surface area contributed by atoms with Crippen molar-refractivity contribution in [1.82, 2.24) is 4.57 Å². The number of nitrogens with zero attached hydrogens (tertiary/aromatic N) is 3. The van der Waals surface area contributed by atoms with Crippen LogP contribution in [0, 0.1) is 5.92 Å². The Balaban J connectivity index is 2.03. The normalized spacial score (nSPS) is 11.7. The lowest BCUT2D eigenvalue weighted by Crippen LogP contribution is -2.03. The Morgan fingerprint density at radius 3 is 2.65 bits per heavy atom. The molecule has 3 rings (SSSR count). The topological polar surface area (TPSA) is 87.2 Å². The maximum absolute atomic E-state index is 12.3. The Bertz CT molecular complexity index is 1010. The molecule has 3 aromatic rings. The summed E-state index contributed by atoms with van der Waals surface area (Å²) in [7, 11) is 0. The van der Waals surface area contributed by atoms with Gasteiger partial charge in [0.2, 0.25) is 5.88 Å². The maximum Gasteiger partial charge on any atom is 0.299 e. The van der Waals surface area contributed by atoms with Crippen LogP contribution >= 0.6 is 11.6 Å². The number of halogens is 1. The lowest BCUT2D eigenvalue weighted by molar-refractivity contribution is 0.0992. The molecule has 2 aromatic carbocycles. The highest BCUT2D eigenvalue weighted by molar-refractivity contribution is 6.31. The second-order valence-corrected chi connectivity index (χ2v) is 6.80. The number of phenolic OH excluding ortho intramolecular Hbond substituents is 1. The lowest BCUT2D eigenvalue weighted by atomic mass is 10.2. The number of aromatic nitrogens is 1. The monoisotopic (exact) mass is 371 g/mol. The SMILES string of the molecule is CC(C)Cn1c(O)c(N=NC(=O)c2cc(Cl)ccc2O)c2ccccc21. The van der Waals surface area contributed by atoms with Gasteiger partial charge in [-0.15, -0.1) is 10.2 Å². The number of hydrogen-bond donors (Lipinski definition) is 2. The van der Waals surface area contributed by atoms with Crippen LogP contribution in [0.25, 0.3) is 10.9 Å². The molecule has 1 heterocycles. The minimum absolute atomic E-state index is 0.0493. The number of carbonyl (C=O) groups is 1. The number of carbonyl (C=O) groups excluding carboxylic acids is 1. The number of aromatic hydroxyl groups is 2. The molecular weight excluding hydrogens is 354 g/mol. The molecule has 1 amide bonds. The number of fused-ring (bicyclic) bond motifs is 1. The van der Waals surface area contributed by atoms with Gasteiger partial charge in [-0.25, -0.2) is 0 Å². The number of phenols is 1. The Hall–Kier alpha value is -2.86. The van der Waals surface area contributed by atoms with Gasteiger partial charge in [0.25, 0.3) is 5.91 Å². The van der Waals surface area contributed by atoms with Gasteiger partial charge >= 0.3 is 0 Å². The first kappa shape index (κ1) is 17.9. The van der Waals surface area contributed by atoms with Crippen LogP contribution in [-0.4, -0.2) is 20.7 Å². The van der Waals surface area contributed by atoms with Crippen LogP contribution in [0.2, 0.25) is 5.02 Å². The lowest BCUT2D eigenvalue weighted by Gasteiger charge is -2.09. The van der Waals surface area contributed by atoms with E-state index in [-0.39, 0.29) is 22.9 Å². The summed E-state index contributed by atoms with van der Waals surface area (Å²) in [6.07, 6.45) is 0. The van der Waals surface area contributed by atoms with Crippen LogP contribution in [0.5, 0.6) is 11.6 Å². The molecule has 0 spiro atoms. The average molecular weight is 372 g/mol. The van der Waals surface area contributed by atoms with E-state index in [0.29, 0.717) is 22.9 Å². The minimum Gasteiger partial charge on any atom is -0.507 e. The van der Waals surface area contributed by atoms with Crippen molar-refractivity contribution in [2.24, 2.45) is 16.1 Å². The predicted molar refractivity (Wildman–Crippen MR) is 100 cm³/mol.